The second-order valence-electron chi connectivity index (χ2n) is 4.85. The molecule has 2 N–H and O–H groups in total. The minimum absolute atomic E-state index is 0.00216. The first-order valence-electron chi connectivity index (χ1n) is 6.79. The predicted octanol–water partition coefficient (Wildman–Crippen LogP) is 1.71. The van der Waals surface area contributed by atoms with Gasteiger partial charge in [0.15, 0.2) is 0 Å². The zero-order valence-electron chi connectivity index (χ0n) is 10.8. The molecule has 2 rings (SSSR count). The highest BCUT2D eigenvalue weighted by atomic mass is 16.3. The molecule has 0 amide bonds. The van der Waals surface area contributed by atoms with Crippen molar-refractivity contribution in [3.8, 4) is 0 Å². The standard InChI is InChI=1S/C14H22N2O2/c17-10-9-16(13-6-2-1-3-7-13)14-12(11-18)5-4-8-15-14/h4-5,8,13,17-18H,1-3,6-7,9-11H2. The van der Waals surface area contributed by atoms with Gasteiger partial charge in [0.1, 0.15) is 5.82 Å². The third-order valence-corrected chi connectivity index (χ3v) is 3.67. The molecule has 0 radical (unpaired) electrons. The Hall–Kier alpha value is -1.13. The van der Waals surface area contributed by atoms with E-state index in [0.717, 1.165) is 24.2 Å². The van der Waals surface area contributed by atoms with Gasteiger partial charge in [0.2, 0.25) is 0 Å². The number of nitrogens with zero attached hydrogens (tertiary/aromatic N) is 2. The van der Waals surface area contributed by atoms with Crippen molar-refractivity contribution in [3.63, 3.8) is 0 Å². The molecule has 1 saturated carbocycles. The summed E-state index contributed by atoms with van der Waals surface area (Å²) in [6, 6.07) is 4.19. The molecule has 1 aliphatic carbocycles. The minimum atomic E-state index is -0.00216. The van der Waals surface area contributed by atoms with Gasteiger partial charge in [-0.15, -0.1) is 0 Å². The molecule has 1 aliphatic rings. The second-order valence-corrected chi connectivity index (χ2v) is 4.85. The summed E-state index contributed by atoms with van der Waals surface area (Å²) in [4.78, 5) is 6.57. The smallest absolute Gasteiger partial charge is 0.134 e. The van der Waals surface area contributed by atoms with Crippen molar-refractivity contribution in [2.75, 3.05) is 18.1 Å². The Morgan fingerprint density at radius 2 is 2.00 bits per heavy atom. The van der Waals surface area contributed by atoms with Gasteiger partial charge in [-0.1, -0.05) is 25.3 Å². The molecule has 0 aromatic carbocycles. The van der Waals surface area contributed by atoms with E-state index in [2.05, 4.69) is 9.88 Å². The van der Waals surface area contributed by atoms with Gasteiger partial charge in [-0.2, -0.15) is 0 Å². The largest absolute Gasteiger partial charge is 0.395 e. The van der Waals surface area contributed by atoms with Crippen molar-refractivity contribution in [2.45, 2.75) is 44.8 Å². The normalized spacial score (nSPS) is 16.8. The molecule has 0 unspecified atom stereocenters. The van der Waals surface area contributed by atoms with E-state index in [1.807, 2.05) is 12.1 Å². The summed E-state index contributed by atoms with van der Waals surface area (Å²) >= 11 is 0. The molecule has 1 heterocycles. The zero-order chi connectivity index (χ0) is 12.8. The summed E-state index contributed by atoms with van der Waals surface area (Å²) in [5.41, 5.74) is 0.844. The van der Waals surface area contributed by atoms with Crippen LogP contribution in [-0.2, 0) is 6.61 Å². The van der Waals surface area contributed by atoms with E-state index in [9.17, 15) is 10.2 Å². The number of anilines is 1. The molecular weight excluding hydrogens is 228 g/mol. The monoisotopic (exact) mass is 250 g/mol. The first-order valence-corrected chi connectivity index (χ1v) is 6.79. The van der Waals surface area contributed by atoms with E-state index in [1.165, 1.54) is 19.3 Å². The van der Waals surface area contributed by atoms with Crippen LogP contribution in [0.4, 0.5) is 5.82 Å². The summed E-state index contributed by atoms with van der Waals surface area (Å²) in [5.74, 6) is 0.834. The van der Waals surface area contributed by atoms with Crippen LogP contribution in [0.5, 0.6) is 0 Å². The van der Waals surface area contributed by atoms with Crippen LogP contribution in [0.2, 0.25) is 0 Å². The molecule has 100 valence electrons. The van der Waals surface area contributed by atoms with Crippen LogP contribution in [0, 0.1) is 0 Å². The first kappa shape index (κ1) is 13.3. The average molecular weight is 250 g/mol. The Labute approximate surface area is 108 Å². The van der Waals surface area contributed by atoms with Gasteiger partial charge in [-0.3, -0.25) is 0 Å². The van der Waals surface area contributed by atoms with Crippen LogP contribution in [0.15, 0.2) is 18.3 Å². The maximum atomic E-state index is 9.40. The van der Waals surface area contributed by atoms with Gasteiger partial charge >= 0.3 is 0 Å². The van der Waals surface area contributed by atoms with Crippen LogP contribution in [0.25, 0.3) is 0 Å². The minimum Gasteiger partial charge on any atom is -0.395 e. The van der Waals surface area contributed by atoms with Crippen LogP contribution in [0.3, 0.4) is 0 Å². The Bertz CT molecular complexity index is 365. The molecule has 4 heteroatoms. The summed E-state index contributed by atoms with van der Waals surface area (Å²) in [7, 11) is 0. The summed E-state index contributed by atoms with van der Waals surface area (Å²) in [5, 5.41) is 18.7. The van der Waals surface area contributed by atoms with E-state index < -0.39 is 0 Å². The fraction of sp³-hybridized carbons (Fsp3) is 0.643. The van der Waals surface area contributed by atoms with Crippen LogP contribution >= 0.6 is 0 Å². The topological polar surface area (TPSA) is 56.6 Å². The van der Waals surface area contributed by atoms with Gasteiger partial charge in [0.25, 0.3) is 0 Å². The number of pyridine rings is 1. The number of aliphatic hydroxyl groups excluding tert-OH is 2. The molecule has 0 spiro atoms. The van der Waals surface area contributed by atoms with E-state index in [1.54, 1.807) is 6.20 Å². The quantitative estimate of drug-likeness (QED) is 0.835. The van der Waals surface area contributed by atoms with Crippen LogP contribution < -0.4 is 4.90 Å². The van der Waals surface area contributed by atoms with Crippen molar-refractivity contribution in [3.05, 3.63) is 23.9 Å². The summed E-state index contributed by atoms with van der Waals surface area (Å²) < 4.78 is 0. The predicted molar refractivity (Wildman–Crippen MR) is 71.5 cm³/mol. The van der Waals surface area contributed by atoms with Crippen molar-refractivity contribution < 1.29 is 10.2 Å². The van der Waals surface area contributed by atoms with Crippen molar-refractivity contribution in [2.24, 2.45) is 0 Å². The number of hydrogen-bond acceptors (Lipinski definition) is 4. The summed E-state index contributed by atoms with van der Waals surface area (Å²) in [6.07, 6.45) is 7.85. The first-order chi connectivity index (χ1) is 8.86. The van der Waals surface area contributed by atoms with Crippen LogP contribution in [-0.4, -0.2) is 34.4 Å². The third-order valence-electron chi connectivity index (χ3n) is 3.67. The van der Waals surface area contributed by atoms with E-state index in [-0.39, 0.29) is 13.2 Å². The number of aromatic nitrogens is 1. The van der Waals surface area contributed by atoms with Crippen LogP contribution in [0.1, 0.15) is 37.7 Å². The maximum Gasteiger partial charge on any atom is 0.134 e. The highest BCUT2D eigenvalue weighted by Gasteiger charge is 2.23. The molecule has 4 nitrogen and oxygen atoms in total. The Balaban J connectivity index is 2.22. The lowest BCUT2D eigenvalue weighted by atomic mass is 9.94. The fourth-order valence-electron chi connectivity index (χ4n) is 2.77. The van der Waals surface area contributed by atoms with Crippen molar-refractivity contribution in [1.82, 2.24) is 4.98 Å². The molecule has 0 atom stereocenters. The van der Waals surface area contributed by atoms with Gasteiger partial charge in [-0.05, 0) is 18.9 Å². The number of rotatable bonds is 5. The average Bonchev–Trinajstić information content (AvgIpc) is 2.46. The molecule has 1 aromatic rings. The molecule has 0 bridgehead atoms. The Morgan fingerprint density at radius 3 is 2.67 bits per heavy atom. The SMILES string of the molecule is OCCN(c1ncccc1CO)C1CCCCC1. The lowest BCUT2D eigenvalue weighted by molar-refractivity contribution is 0.276. The third kappa shape index (κ3) is 3.00. The molecular formula is C14H22N2O2. The van der Waals surface area contributed by atoms with Gasteiger partial charge in [0.05, 0.1) is 13.2 Å². The Morgan fingerprint density at radius 1 is 1.22 bits per heavy atom. The zero-order valence-corrected chi connectivity index (χ0v) is 10.8. The lowest BCUT2D eigenvalue weighted by Crippen LogP contribution is -2.40. The number of hydrogen-bond donors (Lipinski definition) is 2. The van der Waals surface area contributed by atoms with E-state index in [4.69, 9.17) is 0 Å². The maximum absolute atomic E-state index is 9.40. The summed E-state index contributed by atoms with van der Waals surface area (Å²) in [6.45, 7) is 0.713. The Kier molecular flexibility index (Phi) is 4.96. The molecule has 0 aliphatic heterocycles. The molecule has 18 heavy (non-hydrogen) atoms. The van der Waals surface area contributed by atoms with Gasteiger partial charge < -0.3 is 15.1 Å². The number of aliphatic hydroxyl groups is 2. The molecule has 0 saturated heterocycles. The fourth-order valence-corrected chi connectivity index (χ4v) is 2.77. The van der Waals surface area contributed by atoms with Crippen molar-refractivity contribution in [1.29, 1.82) is 0 Å². The molecule has 1 aromatic heterocycles. The highest BCUT2D eigenvalue weighted by molar-refractivity contribution is 5.47. The van der Waals surface area contributed by atoms with E-state index in [0.29, 0.717) is 12.6 Å². The van der Waals surface area contributed by atoms with Gasteiger partial charge in [0, 0.05) is 24.3 Å². The second kappa shape index (κ2) is 6.71. The lowest BCUT2D eigenvalue weighted by Gasteiger charge is -2.35. The van der Waals surface area contributed by atoms with Gasteiger partial charge in [-0.25, -0.2) is 4.98 Å². The molecule has 1 fully saturated rings. The highest BCUT2D eigenvalue weighted by Crippen LogP contribution is 2.27. The van der Waals surface area contributed by atoms with Crippen molar-refractivity contribution >= 4 is 5.82 Å². The van der Waals surface area contributed by atoms with E-state index >= 15 is 0 Å².